The van der Waals surface area contributed by atoms with Gasteiger partial charge in [-0.3, -0.25) is 0 Å². The zero-order valence-corrected chi connectivity index (χ0v) is 8.39. The van der Waals surface area contributed by atoms with Gasteiger partial charge < -0.3 is 5.11 Å². The second-order valence-electron chi connectivity index (χ2n) is 3.85. The second-order valence-corrected chi connectivity index (χ2v) is 8.92. The Hall–Kier alpha value is -0.0831. The lowest BCUT2D eigenvalue weighted by Gasteiger charge is -2.08. The van der Waals surface area contributed by atoms with Crippen LogP contribution in [0.1, 0.15) is 13.3 Å². The zero-order valence-electron chi connectivity index (χ0n) is 7.39. The molecule has 1 atom stereocenters. The summed E-state index contributed by atoms with van der Waals surface area (Å²) in [5.41, 5.74) is 2.26. The standard InChI is InChI=1S/C8H18OSi/c1-8(9)6-5-7-10(2,3)4/h5,7-9H,6H2,1-4H3/b7-5+/t8-/m1/s1. The van der Waals surface area contributed by atoms with E-state index in [1.54, 1.807) is 0 Å². The summed E-state index contributed by atoms with van der Waals surface area (Å²) in [6, 6.07) is 0. The highest BCUT2D eigenvalue weighted by molar-refractivity contribution is 6.80. The van der Waals surface area contributed by atoms with Crippen molar-refractivity contribution in [1.29, 1.82) is 0 Å². The molecule has 0 aromatic heterocycles. The maximum Gasteiger partial charge on any atom is 0.0682 e. The van der Waals surface area contributed by atoms with Crippen LogP contribution >= 0.6 is 0 Å². The summed E-state index contributed by atoms with van der Waals surface area (Å²) in [5, 5.41) is 8.91. The minimum absolute atomic E-state index is 0.187. The molecular weight excluding hydrogens is 140 g/mol. The van der Waals surface area contributed by atoms with Gasteiger partial charge in [-0.15, -0.1) is 0 Å². The van der Waals surface area contributed by atoms with Crippen LogP contribution < -0.4 is 0 Å². The molecule has 0 aromatic carbocycles. The Morgan fingerprint density at radius 1 is 1.40 bits per heavy atom. The Balaban J connectivity index is 3.57. The molecule has 2 heteroatoms. The third-order valence-electron chi connectivity index (χ3n) is 1.10. The van der Waals surface area contributed by atoms with Crippen molar-refractivity contribution in [2.24, 2.45) is 0 Å². The fourth-order valence-corrected chi connectivity index (χ4v) is 1.46. The maximum atomic E-state index is 8.91. The molecule has 0 aromatic rings. The summed E-state index contributed by atoms with van der Waals surface area (Å²) >= 11 is 0. The van der Waals surface area contributed by atoms with Crippen LogP contribution in [-0.4, -0.2) is 19.3 Å². The molecule has 0 aliphatic heterocycles. The molecule has 0 fully saturated rings. The third-order valence-corrected chi connectivity index (χ3v) is 2.33. The van der Waals surface area contributed by atoms with E-state index in [2.05, 4.69) is 31.4 Å². The monoisotopic (exact) mass is 158 g/mol. The molecule has 1 N–H and O–H groups in total. The van der Waals surface area contributed by atoms with Crippen molar-refractivity contribution in [3.05, 3.63) is 11.8 Å². The van der Waals surface area contributed by atoms with Crippen molar-refractivity contribution in [3.63, 3.8) is 0 Å². The molecular formula is C8H18OSi. The van der Waals surface area contributed by atoms with Crippen molar-refractivity contribution >= 4 is 8.07 Å². The van der Waals surface area contributed by atoms with Gasteiger partial charge in [0, 0.05) is 0 Å². The Bertz CT molecular complexity index is 111. The van der Waals surface area contributed by atoms with Crippen LogP contribution in [0.25, 0.3) is 0 Å². The smallest absolute Gasteiger partial charge is 0.0682 e. The lowest BCUT2D eigenvalue weighted by atomic mass is 10.3. The van der Waals surface area contributed by atoms with Crippen LogP contribution in [0.4, 0.5) is 0 Å². The van der Waals surface area contributed by atoms with Crippen molar-refractivity contribution < 1.29 is 5.11 Å². The fraction of sp³-hybridized carbons (Fsp3) is 0.750. The van der Waals surface area contributed by atoms with E-state index < -0.39 is 8.07 Å². The molecule has 0 rings (SSSR count). The van der Waals surface area contributed by atoms with E-state index in [1.807, 2.05) is 6.92 Å². The average Bonchev–Trinajstić information content (AvgIpc) is 1.59. The summed E-state index contributed by atoms with van der Waals surface area (Å²) in [6.45, 7) is 8.66. The van der Waals surface area contributed by atoms with E-state index in [-0.39, 0.29) is 6.10 Å². The van der Waals surface area contributed by atoms with Gasteiger partial charge >= 0.3 is 0 Å². The second kappa shape index (κ2) is 3.94. The van der Waals surface area contributed by atoms with E-state index in [9.17, 15) is 0 Å². The van der Waals surface area contributed by atoms with Gasteiger partial charge in [0.25, 0.3) is 0 Å². The number of rotatable bonds is 3. The van der Waals surface area contributed by atoms with Crippen LogP contribution in [0, 0.1) is 0 Å². The van der Waals surface area contributed by atoms with Crippen molar-refractivity contribution in [3.8, 4) is 0 Å². The molecule has 0 saturated carbocycles. The van der Waals surface area contributed by atoms with E-state index in [0.29, 0.717) is 0 Å². The van der Waals surface area contributed by atoms with Gasteiger partial charge in [-0.1, -0.05) is 31.4 Å². The molecule has 1 nitrogen and oxygen atoms in total. The first-order valence-corrected chi connectivity index (χ1v) is 7.35. The molecule has 0 radical (unpaired) electrons. The molecule has 0 unspecified atom stereocenters. The number of hydrogen-bond donors (Lipinski definition) is 1. The fourth-order valence-electron chi connectivity index (χ4n) is 0.619. The van der Waals surface area contributed by atoms with Crippen LogP contribution in [-0.2, 0) is 0 Å². The Morgan fingerprint density at radius 2 is 1.90 bits per heavy atom. The van der Waals surface area contributed by atoms with Gasteiger partial charge in [-0.2, -0.15) is 0 Å². The molecule has 0 aliphatic rings. The van der Waals surface area contributed by atoms with Gasteiger partial charge in [0.05, 0.1) is 14.2 Å². The first-order chi connectivity index (χ1) is 4.42. The van der Waals surface area contributed by atoms with Crippen LogP contribution in [0.3, 0.4) is 0 Å². The Kier molecular flexibility index (Phi) is 3.90. The third kappa shape index (κ3) is 7.92. The minimum Gasteiger partial charge on any atom is -0.393 e. The van der Waals surface area contributed by atoms with Crippen molar-refractivity contribution in [2.75, 3.05) is 0 Å². The number of aliphatic hydroxyl groups is 1. The number of hydrogen-bond acceptors (Lipinski definition) is 1. The average molecular weight is 158 g/mol. The molecule has 10 heavy (non-hydrogen) atoms. The lowest BCUT2D eigenvalue weighted by molar-refractivity contribution is 0.198. The maximum absolute atomic E-state index is 8.91. The van der Waals surface area contributed by atoms with Gasteiger partial charge in [0.1, 0.15) is 0 Å². The lowest BCUT2D eigenvalue weighted by Crippen LogP contribution is -2.15. The van der Waals surface area contributed by atoms with E-state index in [1.165, 1.54) is 0 Å². The molecule has 60 valence electrons. The van der Waals surface area contributed by atoms with Crippen molar-refractivity contribution in [2.45, 2.75) is 39.1 Å². The SMILES string of the molecule is C[C@@H](O)C/C=C/[Si](C)(C)C. The van der Waals surface area contributed by atoms with Gasteiger partial charge in [-0.05, 0) is 13.3 Å². The van der Waals surface area contributed by atoms with Crippen LogP contribution in [0.15, 0.2) is 11.8 Å². The summed E-state index contributed by atoms with van der Waals surface area (Å²) in [6.07, 6.45) is 2.70. The summed E-state index contributed by atoms with van der Waals surface area (Å²) < 4.78 is 0. The molecule has 0 saturated heterocycles. The van der Waals surface area contributed by atoms with E-state index in [0.717, 1.165) is 6.42 Å². The summed E-state index contributed by atoms with van der Waals surface area (Å²) in [4.78, 5) is 0. The summed E-state index contributed by atoms with van der Waals surface area (Å²) in [5.74, 6) is 0. The van der Waals surface area contributed by atoms with Gasteiger partial charge in [0.2, 0.25) is 0 Å². The van der Waals surface area contributed by atoms with Crippen LogP contribution in [0.5, 0.6) is 0 Å². The quantitative estimate of drug-likeness (QED) is 0.624. The Morgan fingerprint density at radius 3 is 2.20 bits per heavy atom. The predicted molar refractivity (Wildman–Crippen MR) is 48.8 cm³/mol. The van der Waals surface area contributed by atoms with Crippen molar-refractivity contribution in [1.82, 2.24) is 0 Å². The minimum atomic E-state index is -1.02. The highest BCUT2D eigenvalue weighted by atomic mass is 28.3. The van der Waals surface area contributed by atoms with Gasteiger partial charge in [0.15, 0.2) is 0 Å². The topological polar surface area (TPSA) is 20.2 Å². The molecule has 0 heterocycles. The van der Waals surface area contributed by atoms with Crippen LogP contribution in [0.2, 0.25) is 19.6 Å². The highest BCUT2D eigenvalue weighted by Gasteiger charge is 2.06. The molecule has 0 amide bonds. The molecule has 0 bridgehead atoms. The van der Waals surface area contributed by atoms with Gasteiger partial charge in [-0.25, -0.2) is 0 Å². The van der Waals surface area contributed by atoms with E-state index in [4.69, 9.17) is 5.11 Å². The normalized spacial score (nSPS) is 16.1. The molecule has 0 aliphatic carbocycles. The number of aliphatic hydroxyl groups excluding tert-OH is 1. The highest BCUT2D eigenvalue weighted by Crippen LogP contribution is 2.03. The summed E-state index contributed by atoms with van der Waals surface area (Å²) in [7, 11) is -1.02. The first kappa shape index (κ1) is 9.92. The largest absolute Gasteiger partial charge is 0.393 e. The molecule has 0 spiro atoms. The zero-order chi connectivity index (χ0) is 8.20. The Labute approximate surface area is 64.8 Å². The van der Waals surface area contributed by atoms with E-state index >= 15 is 0 Å². The first-order valence-electron chi connectivity index (χ1n) is 3.77. The predicted octanol–water partition coefficient (Wildman–Crippen LogP) is 2.19.